The van der Waals surface area contributed by atoms with Gasteiger partial charge in [-0.05, 0) is 36.5 Å². The molecule has 0 heterocycles. The third-order valence-corrected chi connectivity index (χ3v) is 7.22. The highest BCUT2D eigenvalue weighted by atomic mass is 32.2. The number of aliphatic hydroxyl groups is 1. The van der Waals surface area contributed by atoms with E-state index in [9.17, 15) is 18.3 Å². The fourth-order valence-electron chi connectivity index (χ4n) is 3.29. The van der Waals surface area contributed by atoms with Crippen molar-refractivity contribution in [2.75, 3.05) is 13.1 Å². The summed E-state index contributed by atoms with van der Waals surface area (Å²) in [7, 11) is -3.78. The van der Waals surface area contributed by atoms with E-state index in [1.807, 2.05) is 44.2 Å². The number of hydrogen-bond acceptors (Lipinski definition) is 4. The Morgan fingerprint density at radius 2 is 1.53 bits per heavy atom. The van der Waals surface area contributed by atoms with E-state index in [0.717, 1.165) is 5.56 Å². The molecule has 2 atom stereocenters. The molecule has 0 radical (unpaired) electrons. The van der Waals surface area contributed by atoms with Crippen LogP contribution in [-0.2, 0) is 21.2 Å². The van der Waals surface area contributed by atoms with Gasteiger partial charge in [-0.25, -0.2) is 8.42 Å². The lowest BCUT2D eigenvalue weighted by Crippen LogP contribution is -2.51. The molecule has 2 N–H and O–H groups in total. The number of hydrogen-bond donors (Lipinski definition) is 2. The normalized spacial score (nSPS) is 14.0. The van der Waals surface area contributed by atoms with Crippen LogP contribution in [0.4, 0.5) is 0 Å². The van der Waals surface area contributed by atoms with Crippen LogP contribution in [0.1, 0.15) is 39.7 Å². The summed E-state index contributed by atoms with van der Waals surface area (Å²) in [6, 6.07) is 17.2. The maximum atomic E-state index is 13.3. The van der Waals surface area contributed by atoms with Gasteiger partial charge in [0.15, 0.2) is 0 Å². The molecule has 0 aliphatic carbocycles. The molecule has 0 bridgehead atoms. The Labute approximate surface area is 192 Å². The maximum absolute atomic E-state index is 13.3. The van der Waals surface area contributed by atoms with Crippen LogP contribution in [0.5, 0.6) is 0 Å². The molecular weight excluding hydrogens is 424 g/mol. The molecule has 176 valence electrons. The van der Waals surface area contributed by atoms with Crippen LogP contribution in [0.2, 0.25) is 0 Å². The quantitative estimate of drug-likeness (QED) is 0.508. The standard InChI is InChI=1S/C25H36N2O4S/c1-19(2)15-16-27(32(30,31)22-13-9-6-10-14-22)18-24(28)23(26-25(29)20(3)4)17-21-11-7-5-8-12-21/h5-14,19-20,23-24,28H,15-18H2,1-4H3,(H,26,29). The lowest BCUT2D eigenvalue weighted by molar-refractivity contribution is -0.125. The Hall–Kier alpha value is -2.22. The van der Waals surface area contributed by atoms with Crippen LogP contribution < -0.4 is 5.32 Å². The largest absolute Gasteiger partial charge is 0.390 e. The van der Waals surface area contributed by atoms with Crippen molar-refractivity contribution < 1.29 is 18.3 Å². The third-order valence-electron chi connectivity index (χ3n) is 5.34. The molecule has 0 fully saturated rings. The van der Waals surface area contributed by atoms with Gasteiger partial charge in [-0.2, -0.15) is 4.31 Å². The van der Waals surface area contributed by atoms with Crippen LogP contribution >= 0.6 is 0 Å². The van der Waals surface area contributed by atoms with E-state index in [1.165, 1.54) is 4.31 Å². The molecule has 0 spiro atoms. The smallest absolute Gasteiger partial charge is 0.243 e. The predicted molar refractivity (Wildman–Crippen MR) is 128 cm³/mol. The minimum Gasteiger partial charge on any atom is -0.390 e. The first-order valence-corrected chi connectivity index (χ1v) is 12.6. The van der Waals surface area contributed by atoms with Crippen molar-refractivity contribution in [3.05, 3.63) is 66.2 Å². The van der Waals surface area contributed by atoms with E-state index in [2.05, 4.69) is 5.32 Å². The average Bonchev–Trinajstić information content (AvgIpc) is 2.76. The van der Waals surface area contributed by atoms with Crippen LogP contribution in [0.25, 0.3) is 0 Å². The molecule has 0 aromatic heterocycles. The topological polar surface area (TPSA) is 86.7 Å². The molecule has 0 aliphatic rings. The summed E-state index contributed by atoms with van der Waals surface area (Å²) < 4.78 is 28.0. The number of benzene rings is 2. The molecule has 0 saturated heterocycles. The number of rotatable bonds is 12. The minimum atomic E-state index is -3.78. The Morgan fingerprint density at radius 1 is 0.969 bits per heavy atom. The van der Waals surface area contributed by atoms with Crippen molar-refractivity contribution in [1.82, 2.24) is 9.62 Å². The zero-order valence-corrected chi connectivity index (χ0v) is 20.3. The number of nitrogens with one attached hydrogen (secondary N) is 1. The fraction of sp³-hybridized carbons (Fsp3) is 0.480. The van der Waals surface area contributed by atoms with Crippen LogP contribution in [0.15, 0.2) is 65.6 Å². The number of carbonyl (C=O) groups is 1. The summed E-state index contributed by atoms with van der Waals surface area (Å²) in [5, 5.41) is 14.0. The molecule has 0 aliphatic heterocycles. The van der Waals surface area contributed by atoms with Gasteiger partial charge >= 0.3 is 0 Å². The minimum absolute atomic E-state index is 0.0974. The van der Waals surface area contributed by atoms with E-state index in [4.69, 9.17) is 0 Å². The maximum Gasteiger partial charge on any atom is 0.243 e. The monoisotopic (exact) mass is 460 g/mol. The highest BCUT2D eigenvalue weighted by molar-refractivity contribution is 7.89. The molecule has 2 rings (SSSR count). The third kappa shape index (κ3) is 7.73. The molecule has 0 saturated carbocycles. The lowest BCUT2D eigenvalue weighted by atomic mass is 10.00. The fourth-order valence-corrected chi connectivity index (χ4v) is 4.78. The summed E-state index contributed by atoms with van der Waals surface area (Å²) in [5.74, 6) is -0.114. The van der Waals surface area contributed by atoms with Gasteiger partial charge < -0.3 is 10.4 Å². The zero-order chi connectivity index (χ0) is 23.7. The van der Waals surface area contributed by atoms with Gasteiger partial charge in [0.2, 0.25) is 15.9 Å². The second-order valence-corrected chi connectivity index (χ2v) is 10.8. The van der Waals surface area contributed by atoms with Crippen molar-refractivity contribution in [3.8, 4) is 0 Å². The van der Waals surface area contributed by atoms with E-state index >= 15 is 0 Å². The first-order chi connectivity index (χ1) is 15.1. The molecule has 2 aromatic carbocycles. The summed E-state index contributed by atoms with van der Waals surface area (Å²) in [4.78, 5) is 12.6. The van der Waals surface area contributed by atoms with Gasteiger partial charge in [0, 0.05) is 19.0 Å². The van der Waals surface area contributed by atoms with Gasteiger partial charge in [-0.15, -0.1) is 0 Å². The molecule has 7 heteroatoms. The number of nitrogens with zero attached hydrogens (tertiary/aromatic N) is 1. The van der Waals surface area contributed by atoms with Gasteiger partial charge in [0.1, 0.15) is 0 Å². The molecule has 1 amide bonds. The highest BCUT2D eigenvalue weighted by Gasteiger charge is 2.31. The van der Waals surface area contributed by atoms with E-state index < -0.39 is 22.2 Å². The average molecular weight is 461 g/mol. The van der Waals surface area contributed by atoms with Crippen LogP contribution in [0.3, 0.4) is 0 Å². The summed E-state index contributed by atoms with van der Waals surface area (Å²) in [6.07, 6.45) is 0.00762. The van der Waals surface area contributed by atoms with E-state index in [1.54, 1.807) is 44.2 Å². The van der Waals surface area contributed by atoms with Gasteiger partial charge in [0.05, 0.1) is 17.0 Å². The summed E-state index contributed by atoms with van der Waals surface area (Å²) in [5.41, 5.74) is 0.959. The van der Waals surface area contributed by atoms with E-state index in [-0.39, 0.29) is 23.3 Å². The number of aliphatic hydroxyl groups excluding tert-OH is 1. The predicted octanol–water partition coefficient (Wildman–Crippen LogP) is 3.47. The van der Waals surface area contributed by atoms with Crippen molar-refractivity contribution in [2.24, 2.45) is 11.8 Å². The van der Waals surface area contributed by atoms with Crippen molar-refractivity contribution in [2.45, 2.75) is 57.6 Å². The van der Waals surface area contributed by atoms with Gasteiger partial charge in [-0.1, -0.05) is 76.2 Å². The molecule has 6 nitrogen and oxygen atoms in total. The van der Waals surface area contributed by atoms with Crippen molar-refractivity contribution in [3.63, 3.8) is 0 Å². The van der Waals surface area contributed by atoms with Crippen molar-refractivity contribution in [1.29, 1.82) is 0 Å². The van der Waals surface area contributed by atoms with Gasteiger partial charge in [0.25, 0.3) is 0 Å². The first kappa shape index (κ1) is 26.0. The first-order valence-electron chi connectivity index (χ1n) is 11.2. The Bertz CT molecular complexity index is 931. The van der Waals surface area contributed by atoms with Crippen molar-refractivity contribution >= 4 is 15.9 Å². The SMILES string of the molecule is CC(C)CCN(CC(O)C(Cc1ccccc1)NC(=O)C(C)C)S(=O)(=O)c1ccccc1. The Morgan fingerprint density at radius 3 is 2.06 bits per heavy atom. The van der Waals surface area contributed by atoms with E-state index in [0.29, 0.717) is 25.3 Å². The number of amides is 1. The molecule has 2 aromatic rings. The summed E-state index contributed by atoms with van der Waals surface area (Å²) in [6.45, 7) is 7.84. The number of sulfonamides is 1. The molecule has 2 unspecified atom stereocenters. The highest BCUT2D eigenvalue weighted by Crippen LogP contribution is 2.19. The Kier molecular flexibility index (Phi) is 9.87. The van der Waals surface area contributed by atoms with Crippen LogP contribution in [-0.4, -0.2) is 49.0 Å². The number of carbonyl (C=O) groups excluding carboxylic acids is 1. The molecular formula is C25H36N2O4S. The second-order valence-electron chi connectivity index (χ2n) is 8.89. The molecule has 32 heavy (non-hydrogen) atoms. The zero-order valence-electron chi connectivity index (χ0n) is 19.4. The van der Waals surface area contributed by atoms with Gasteiger partial charge in [-0.3, -0.25) is 4.79 Å². The Balaban J connectivity index is 2.29. The van der Waals surface area contributed by atoms with Crippen LogP contribution in [0, 0.1) is 11.8 Å². The summed E-state index contributed by atoms with van der Waals surface area (Å²) >= 11 is 0. The lowest BCUT2D eigenvalue weighted by Gasteiger charge is -2.30. The second kappa shape index (κ2) is 12.1.